The molecule has 2 aromatic heterocycles. The van der Waals surface area contributed by atoms with Gasteiger partial charge >= 0.3 is 0 Å². The number of aryl methyl sites for hydroxylation is 1. The van der Waals surface area contributed by atoms with Crippen LogP contribution in [0.4, 0.5) is 4.39 Å². The Balaban J connectivity index is 1.37. The molecule has 0 bridgehead atoms. The van der Waals surface area contributed by atoms with Gasteiger partial charge < -0.3 is 13.9 Å². The first-order chi connectivity index (χ1) is 20.3. The molecule has 1 N–H and O–H groups in total. The van der Waals surface area contributed by atoms with E-state index < -0.39 is 27.5 Å². The molecular formula is C32H29FN4O4S. The van der Waals surface area contributed by atoms with Crippen molar-refractivity contribution in [1.82, 2.24) is 18.8 Å². The van der Waals surface area contributed by atoms with Crippen molar-refractivity contribution in [2.75, 3.05) is 13.7 Å². The van der Waals surface area contributed by atoms with Gasteiger partial charge in [0.05, 0.1) is 23.4 Å². The molecule has 4 aromatic carbocycles. The van der Waals surface area contributed by atoms with Crippen LogP contribution >= 0.6 is 0 Å². The smallest absolute Gasteiger partial charge is 0.264 e. The molecule has 0 aliphatic heterocycles. The van der Waals surface area contributed by atoms with Crippen LogP contribution in [0, 0.1) is 5.82 Å². The minimum absolute atomic E-state index is 0.162. The predicted octanol–water partition coefficient (Wildman–Crippen LogP) is 5.88. The molecule has 1 amide bonds. The number of nitrogens with zero attached hydrogens (tertiary/aromatic N) is 3. The van der Waals surface area contributed by atoms with Crippen LogP contribution in [0.3, 0.4) is 0 Å². The van der Waals surface area contributed by atoms with Gasteiger partial charge in [-0.15, -0.1) is 0 Å². The summed E-state index contributed by atoms with van der Waals surface area (Å²) < 4.78 is 50.3. The van der Waals surface area contributed by atoms with Crippen molar-refractivity contribution in [2.45, 2.75) is 25.8 Å². The second-order valence-electron chi connectivity index (χ2n) is 10.1. The summed E-state index contributed by atoms with van der Waals surface area (Å²) in [5, 5.41) is 2.29. The van der Waals surface area contributed by atoms with Crippen LogP contribution in [0.2, 0.25) is 0 Å². The number of hydrogen-bond donors (Lipinski definition) is 1. The third-order valence-electron chi connectivity index (χ3n) is 7.39. The molecular weight excluding hydrogens is 555 g/mol. The van der Waals surface area contributed by atoms with Crippen molar-refractivity contribution in [1.29, 1.82) is 0 Å². The summed E-state index contributed by atoms with van der Waals surface area (Å²) in [6.45, 7) is 3.97. The Bertz CT molecular complexity index is 2060. The monoisotopic (exact) mass is 584 g/mol. The zero-order valence-electron chi connectivity index (χ0n) is 23.2. The van der Waals surface area contributed by atoms with Crippen LogP contribution in [0.1, 0.15) is 22.8 Å². The van der Waals surface area contributed by atoms with E-state index >= 15 is 0 Å². The number of aromatic nitrogens is 3. The van der Waals surface area contributed by atoms with Crippen LogP contribution < -0.4 is 4.72 Å². The highest BCUT2D eigenvalue weighted by atomic mass is 32.2. The molecule has 0 aliphatic carbocycles. The number of halogens is 1. The van der Waals surface area contributed by atoms with Crippen molar-refractivity contribution in [2.24, 2.45) is 0 Å². The quantitative estimate of drug-likeness (QED) is 0.229. The van der Waals surface area contributed by atoms with E-state index in [1.807, 2.05) is 22.8 Å². The Morgan fingerprint density at radius 2 is 1.64 bits per heavy atom. The maximum Gasteiger partial charge on any atom is 0.264 e. The molecule has 0 radical (unpaired) electrons. The van der Waals surface area contributed by atoms with Gasteiger partial charge in [-0.3, -0.25) is 4.79 Å². The summed E-state index contributed by atoms with van der Waals surface area (Å²) in [4.78, 5) is 17.9. The number of nitrogens with one attached hydrogen (secondary N) is 1. The molecule has 10 heteroatoms. The van der Waals surface area contributed by atoms with Crippen LogP contribution in [-0.4, -0.2) is 42.2 Å². The summed E-state index contributed by atoms with van der Waals surface area (Å²) in [5.74, 6) is -0.960. The molecule has 214 valence electrons. The summed E-state index contributed by atoms with van der Waals surface area (Å²) in [6, 6.07) is 24.7. The SMILES string of the molecule is CCn1c2ccccc2c2cc(-c3nc4cc(C(=O)NS(=O)(=O)Cc5ccc(F)cc5)ccc4n3CCOC)ccc21. The van der Waals surface area contributed by atoms with Gasteiger partial charge in [0.25, 0.3) is 5.91 Å². The highest BCUT2D eigenvalue weighted by Crippen LogP contribution is 2.33. The van der Waals surface area contributed by atoms with E-state index in [1.54, 1.807) is 25.3 Å². The Morgan fingerprint density at radius 1 is 0.905 bits per heavy atom. The van der Waals surface area contributed by atoms with Gasteiger partial charge in [-0.25, -0.2) is 22.5 Å². The van der Waals surface area contributed by atoms with E-state index in [4.69, 9.17) is 9.72 Å². The van der Waals surface area contributed by atoms with Crippen molar-refractivity contribution in [3.63, 3.8) is 0 Å². The number of methoxy groups -OCH3 is 1. The van der Waals surface area contributed by atoms with Gasteiger partial charge in [-0.2, -0.15) is 0 Å². The van der Waals surface area contributed by atoms with Crippen molar-refractivity contribution in [3.8, 4) is 11.4 Å². The number of hydrogen-bond acceptors (Lipinski definition) is 5. The summed E-state index contributed by atoms with van der Waals surface area (Å²) in [6.07, 6.45) is 0. The van der Waals surface area contributed by atoms with E-state index in [-0.39, 0.29) is 5.56 Å². The van der Waals surface area contributed by atoms with Crippen molar-refractivity contribution in [3.05, 3.63) is 102 Å². The van der Waals surface area contributed by atoms with Crippen LogP contribution in [0.15, 0.2) is 84.9 Å². The number of para-hydroxylation sites is 1. The average molecular weight is 585 g/mol. The lowest BCUT2D eigenvalue weighted by Gasteiger charge is -2.10. The molecule has 2 heterocycles. The number of imidazole rings is 1. The Hall–Kier alpha value is -4.54. The fourth-order valence-corrected chi connectivity index (χ4v) is 6.57. The number of carbonyl (C=O) groups excluding carboxylic acids is 1. The maximum atomic E-state index is 13.2. The largest absolute Gasteiger partial charge is 0.383 e. The Labute approximate surface area is 242 Å². The minimum atomic E-state index is -4.01. The number of sulfonamides is 1. The minimum Gasteiger partial charge on any atom is -0.383 e. The van der Waals surface area contributed by atoms with E-state index in [0.717, 1.165) is 39.7 Å². The first kappa shape index (κ1) is 27.6. The molecule has 0 saturated heterocycles. The number of ether oxygens (including phenoxy) is 1. The molecule has 0 atom stereocenters. The Kier molecular flexibility index (Phi) is 7.26. The summed E-state index contributed by atoms with van der Waals surface area (Å²) in [7, 11) is -2.37. The van der Waals surface area contributed by atoms with Gasteiger partial charge in [0.1, 0.15) is 11.6 Å². The summed E-state index contributed by atoms with van der Waals surface area (Å²) >= 11 is 0. The zero-order chi connectivity index (χ0) is 29.4. The first-order valence-electron chi connectivity index (χ1n) is 13.6. The third-order valence-corrected chi connectivity index (χ3v) is 8.60. The lowest BCUT2D eigenvalue weighted by molar-refractivity contribution is 0.0981. The molecule has 0 unspecified atom stereocenters. The van der Waals surface area contributed by atoms with Crippen LogP contribution in [0.25, 0.3) is 44.2 Å². The van der Waals surface area contributed by atoms with Crippen molar-refractivity contribution < 1.29 is 22.3 Å². The second kappa shape index (κ2) is 11.0. The van der Waals surface area contributed by atoms with E-state index in [1.165, 1.54) is 29.8 Å². The maximum absolute atomic E-state index is 13.2. The molecule has 6 rings (SSSR count). The fraction of sp³-hybridized carbons (Fsp3) is 0.188. The number of rotatable bonds is 9. The van der Waals surface area contributed by atoms with Gasteiger partial charge in [-0.1, -0.05) is 30.3 Å². The van der Waals surface area contributed by atoms with E-state index in [0.29, 0.717) is 24.2 Å². The van der Waals surface area contributed by atoms with Crippen molar-refractivity contribution >= 4 is 48.8 Å². The number of benzene rings is 4. The second-order valence-corrected chi connectivity index (χ2v) is 11.8. The standard InChI is InChI=1S/C32H29FN4O4S/c1-3-36-28-7-5-4-6-25(28)26-18-22(10-14-29(26)36)31-34-27-19-23(11-15-30(27)37(31)16-17-41-2)32(38)35-42(39,40)20-21-8-12-24(33)13-9-21/h4-15,18-19H,3,16-17,20H2,1-2H3,(H,35,38). The molecule has 42 heavy (non-hydrogen) atoms. The van der Waals surface area contributed by atoms with Gasteiger partial charge in [0.15, 0.2) is 0 Å². The van der Waals surface area contributed by atoms with Gasteiger partial charge in [0.2, 0.25) is 10.0 Å². The topological polar surface area (TPSA) is 95.2 Å². The molecule has 0 aliphatic rings. The molecule has 6 aromatic rings. The van der Waals surface area contributed by atoms with E-state index in [9.17, 15) is 17.6 Å². The van der Waals surface area contributed by atoms with E-state index in [2.05, 4.69) is 40.5 Å². The Morgan fingerprint density at radius 3 is 2.40 bits per heavy atom. The average Bonchev–Trinajstić information content (AvgIpc) is 3.51. The first-order valence-corrected chi connectivity index (χ1v) is 15.2. The lowest BCUT2D eigenvalue weighted by atomic mass is 10.1. The predicted molar refractivity (Wildman–Crippen MR) is 162 cm³/mol. The number of carbonyl (C=O) groups is 1. The molecule has 0 spiro atoms. The number of amides is 1. The molecule has 8 nitrogen and oxygen atoms in total. The molecule has 0 fully saturated rings. The lowest BCUT2D eigenvalue weighted by Crippen LogP contribution is -2.31. The zero-order valence-corrected chi connectivity index (χ0v) is 24.0. The third kappa shape index (κ3) is 5.15. The van der Waals surface area contributed by atoms with Crippen LogP contribution in [0.5, 0.6) is 0 Å². The summed E-state index contributed by atoms with van der Waals surface area (Å²) in [5.41, 5.74) is 5.11. The van der Waals surface area contributed by atoms with Crippen LogP contribution in [-0.2, 0) is 33.6 Å². The van der Waals surface area contributed by atoms with Gasteiger partial charge in [0, 0.05) is 53.1 Å². The van der Waals surface area contributed by atoms with Gasteiger partial charge in [-0.05, 0) is 67.1 Å². The fourth-order valence-electron chi connectivity index (χ4n) is 5.47. The molecule has 0 saturated carbocycles. The highest BCUT2D eigenvalue weighted by molar-refractivity contribution is 7.89. The highest BCUT2D eigenvalue weighted by Gasteiger charge is 2.20. The normalized spacial score (nSPS) is 12.0. The number of fused-ring (bicyclic) bond motifs is 4.